The number of aromatic nitrogens is 1. The van der Waals surface area contributed by atoms with Crippen LogP contribution in [0.2, 0.25) is 0 Å². The maximum absolute atomic E-state index is 11.0. The average Bonchev–Trinajstić information content (AvgIpc) is 2.32. The first-order chi connectivity index (χ1) is 8.56. The molecule has 2 N–H and O–H groups in total. The van der Waals surface area contributed by atoms with Crippen LogP contribution in [0.3, 0.4) is 0 Å². The summed E-state index contributed by atoms with van der Waals surface area (Å²) in [6.07, 6.45) is 1.08. The zero-order chi connectivity index (χ0) is 13.1. The van der Waals surface area contributed by atoms with Crippen molar-refractivity contribution in [3.8, 4) is 0 Å². The number of nitrogens with one attached hydrogen (secondary N) is 2. The molecular weight excluding hydrogens is 236 g/mol. The van der Waals surface area contributed by atoms with Gasteiger partial charge < -0.3 is 10.6 Å². The van der Waals surface area contributed by atoms with E-state index in [2.05, 4.69) is 15.6 Å². The van der Waals surface area contributed by atoms with Gasteiger partial charge >= 0.3 is 5.69 Å². The van der Waals surface area contributed by atoms with Crippen LogP contribution in [-0.2, 0) is 4.79 Å². The van der Waals surface area contributed by atoms with Gasteiger partial charge in [0.15, 0.2) is 0 Å². The number of rotatable bonds is 3. The molecule has 2 heterocycles. The van der Waals surface area contributed by atoms with E-state index in [9.17, 15) is 14.9 Å². The Morgan fingerprint density at radius 1 is 1.56 bits per heavy atom. The van der Waals surface area contributed by atoms with Crippen molar-refractivity contribution < 1.29 is 9.72 Å². The third kappa shape index (κ3) is 2.73. The van der Waals surface area contributed by atoms with Crippen molar-refractivity contribution in [3.05, 3.63) is 27.9 Å². The summed E-state index contributed by atoms with van der Waals surface area (Å²) in [6, 6.07) is 3.02. The molecular formula is C11H14N4O3. The molecule has 7 heteroatoms. The summed E-state index contributed by atoms with van der Waals surface area (Å²) in [5.41, 5.74) is 0.667. The molecule has 7 nitrogen and oxygen atoms in total. The number of hydrogen-bond donors (Lipinski definition) is 2. The molecule has 0 bridgehead atoms. The maximum Gasteiger partial charge on any atom is 0.311 e. The number of nitrogens with zero attached hydrogens (tertiary/aromatic N) is 2. The quantitative estimate of drug-likeness (QED) is 0.615. The first-order valence-corrected chi connectivity index (χ1v) is 5.71. The highest BCUT2D eigenvalue weighted by Crippen LogP contribution is 2.23. The van der Waals surface area contributed by atoms with Crippen molar-refractivity contribution >= 4 is 17.4 Å². The summed E-state index contributed by atoms with van der Waals surface area (Å²) in [5.74, 6) is 0.279. The van der Waals surface area contributed by atoms with Gasteiger partial charge in [0.25, 0.3) is 0 Å². The van der Waals surface area contributed by atoms with Crippen molar-refractivity contribution in [1.29, 1.82) is 0 Å². The smallest absolute Gasteiger partial charge is 0.311 e. The van der Waals surface area contributed by atoms with Crippen LogP contribution < -0.4 is 10.6 Å². The Balaban J connectivity index is 2.15. The summed E-state index contributed by atoms with van der Waals surface area (Å²) in [5, 5.41) is 16.6. The lowest BCUT2D eigenvalue weighted by atomic mass is 10.1. The van der Waals surface area contributed by atoms with Crippen LogP contribution in [0.15, 0.2) is 12.1 Å². The highest BCUT2D eigenvalue weighted by molar-refractivity contribution is 5.77. The first kappa shape index (κ1) is 12.3. The zero-order valence-electron chi connectivity index (χ0n) is 9.97. The number of carbonyl (C=O) groups is 1. The number of carbonyl (C=O) groups excluding carboxylic acids is 1. The molecule has 1 amide bonds. The van der Waals surface area contributed by atoms with Crippen molar-refractivity contribution in [2.45, 2.75) is 25.8 Å². The summed E-state index contributed by atoms with van der Waals surface area (Å²) in [6.45, 7) is 2.24. The Morgan fingerprint density at radius 3 is 2.94 bits per heavy atom. The van der Waals surface area contributed by atoms with Crippen LogP contribution in [0.1, 0.15) is 18.5 Å². The minimum Gasteiger partial charge on any atom is -0.360 e. The highest BCUT2D eigenvalue weighted by atomic mass is 16.6. The van der Waals surface area contributed by atoms with E-state index in [0.717, 1.165) is 0 Å². The Kier molecular flexibility index (Phi) is 3.40. The number of anilines is 1. The lowest BCUT2D eigenvalue weighted by Gasteiger charge is -2.23. The van der Waals surface area contributed by atoms with E-state index in [1.54, 1.807) is 13.0 Å². The van der Waals surface area contributed by atoms with E-state index in [1.807, 2.05) is 0 Å². The molecule has 0 saturated carbocycles. The van der Waals surface area contributed by atoms with Crippen LogP contribution in [0.4, 0.5) is 11.5 Å². The summed E-state index contributed by atoms with van der Waals surface area (Å²) in [7, 11) is 0. The van der Waals surface area contributed by atoms with Gasteiger partial charge in [0.05, 0.1) is 4.92 Å². The van der Waals surface area contributed by atoms with E-state index in [4.69, 9.17) is 0 Å². The fraction of sp³-hybridized carbons (Fsp3) is 0.455. The molecule has 96 valence electrons. The number of pyridine rings is 1. The molecule has 18 heavy (non-hydrogen) atoms. The molecule has 1 aliphatic heterocycles. The van der Waals surface area contributed by atoms with E-state index in [1.165, 1.54) is 6.07 Å². The summed E-state index contributed by atoms with van der Waals surface area (Å²) < 4.78 is 0. The predicted octanol–water partition coefficient (Wildman–Crippen LogP) is 0.989. The molecule has 1 fully saturated rings. The number of nitro groups is 1. The summed E-state index contributed by atoms with van der Waals surface area (Å²) in [4.78, 5) is 25.6. The van der Waals surface area contributed by atoms with E-state index in [-0.39, 0.29) is 23.5 Å². The molecule has 1 aromatic heterocycles. The largest absolute Gasteiger partial charge is 0.360 e. The van der Waals surface area contributed by atoms with Crippen LogP contribution in [-0.4, -0.2) is 28.4 Å². The molecule has 1 unspecified atom stereocenters. The van der Waals surface area contributed by atoms with Crippen molar-refractivity contribution in [3.63, 3.8) is 0 Å². The van der Waals surface area contributed by atoms with Gasteiger partial charge in [0, 0.05) is 30.8 Å². The standard InChI is InChI=1S/C11H14N4O3/c1-7-2-4-9(15(17)18)11(13-7)14-8-3-5-10(16)12-6-8/h2,4,8H,3,5-6H2,1H3,(H,12,16)(H,13,14). The van der Waals surface area contributed by atoms with Gasteiger partial charge in [-0.15, -0.1) is 0 Å². The van der Waals surface area contributed by atoms with E-state index < -0.39 is 4.92 Å². The second-order valence-corrected chi connectivity index (χ2v) is 4.26. The van der Waals surface area contributed by atoms with Gasteiger partial charge in [-0.25, -0.2) is 4.98 Å². The molecule has 0 radical (unpaired) electrons. The minimum atomic E-state index is -0.462. The van der Waals surface area contributed by atoms with Gasteiger partial charge in [-0.2, -0.15) is 0 Å². The van der Waals surface area contributed by atoms with Crippen molar-refractivity contribution in [2.75, 3.05) is 11.9 Å². The molecule has 0 spiro atoms. The second kappa shape index (κ2) is 4.99. The van der Waals surface area contributed by atoms with Gasteiger partial charge in [0.2, 0.25) is 11.7 Å². The van der Waals surface area contributed by atoms with Gasteiger partial charge in [-0.3, -0.25) is 14.9 Å². The van der Waals surface area contributed by atoms with Crippen LogP contribution in [0.25, 0.3) is 0 Å². The Bertz CT molecular complexity index is 479. The number of aryl methyl sites for hydroxylation is 1. The highest BCUT2D eigenvalue weighted by Gasteiger charge is 2.22. The molecule has 1 aliphatic rings. The Morgan fingerprint density at radius 2 is 2.33 bits per heavy atom. The second-order valence-electron chi connectivity index (χ2n) is 4.26. The van der Waals surface area contributed by atoms with E-state index in [0.29, 0.717) is 25.1 Å². The molecule has 0 aromatic carbocycles. The van der Waals surface area contributed by atoms with Crippen LogP contribution >= 0.6 is 0 Å². The van der Waals surface area contributed by atoms with E-state index >= 15 is 0 Å². The fourth-order valence-corrected chi connectivity index (χ4v) is 1.85. The SMILES string of the molecule is Cc1ccc([N+](=O)[O-])c(NC2CCC(=O)NC2)n1. The molecule has 1 saturated heterocycles. The number of amides is 1. The third-order valence-electron chi connectivity index (χ3n) is 2.82. The normalized spacial score (nSPS) is 19.2. The van der Waals surface area contributed by atoms with Gasteiger partial charge in [-0.1, -0.05) is 0 Å². The van der Waals surface area contributed by atoms with Gasteiger partial charge in [-0.05, 0) is 19.4 Å². The average molecular weight is 250 g/mol. The summed E-state index contributed by atoms with van der Waals surface area (Å²) >= 11 is 0. The monoisotopic (exact) mass is 250 g/mol. The molecule has 1 atom stereocenters. The Hall–Kier alpha value is -2.18. The minimum absolute atomic E-state index is 0.0137. The van der Waals surface area contributed by atoms with Crippen LogP contribution in [0.5, 0.6) is 0 Å². The maximum atomic E-state index is 11.0. The topological polar surface area (TPSA) is 97.2 Å². The molecule has 1 aromatic rings. The third-order valence-corrected chi connectivity index (χ3v) is 2.82. The first-order valence-electron chi connectivity index (χ1n) is 5.71. The van der Waals surface area contributed by atoms with Crippen molar-refractivity contribution in [2.24, 2.45) is 0 Å². The Labute approximate surface area is 104 Å². The fourth-order valence-electron chi connectivity index (χ4n) is 1.85. The molecule has 0 aliphatic carbocycles. The number of piperidine rings is 1. The van der Waals surface area contributed by atoms with Gasteiger partial charge in [0.1, 0.15) is 0 Å². The molecule has 2 rings (SSSR count). The predicted molar refractivity (Wildman–Crippen MR) is 65.3 cm³/mol. The van der Waals surface area contributed by atoms with Crippen molar-refractivity contribution in [1.82, 2.24) is 10.3 Å². The number of hydrogen-bond acceptors (Lipinski definition) is 5. The van der Waals surface area contributed by atoms with Crippen LogP contribution in [0, 0.1) is 17.0 Å². The zero-order valence-corrected chi connectivity index (χ0v) is 9.97. The lowest BCUT2D eigenvalue weighted by Crippen LogP contribution is -2.42. The lowest BCUT2D eigenvalue weighted by molar-refractivity contribution is -0.384.